The summed E-state index contributed by atoms with van der Waals surface area (Å²) in [6, 6.07) is 52.1. The molecular weight excluding hydrogens is 653 g/mol. The standard InChI is InChI=1S/C42H24N6S2/c1-44-42-31(26-43)45-40(27-18-22-29(23-19-27)47-32-10-2-6-14-36(32)49-37-15-7-3-11-33(37)47)41(46-42)28-20-24-30(25-21-28)48-34-12-4-8-16-38(34)50-39-17-9-5-13-35(39)48/h2-25H. The van der Waals surface area contributed by atoms with Gasteiger partial charge in [0.25, 0.3) is 0 Å². The normalized spacial score (nSPS) is 12.5. The first kappa shape index (κ1) is 29.8. The van der Waals surface area contributed by atoms with Crippen LogP contribution in [0.1, 0.15) is 5.69 Å². The van der Waals surface area contributed by atoms with Crippen molar-refractivity contribution < 1.29 is 0 Å². The Labute approximate surface area is 298 Å². The maximum Gasteiger partial charge on any atom is 0.307 e. The minimum atomic E-state index is -0.0121. The van der Waals surface area contributed by atoms with E-state index in [-0.39, 0.29) is 11.5 Å². The molecule has 0 aliphatic carbocycles. The van der Waals surface area contributed by atoms with Gasteiger partial charge in [0.1, 0.15) is 11.8 Å². The van der Waals surface area contributed by atoms with E-state index in [1.165, 1.54) is 19.6 Å². The molecular formula is C42H24N6S2. The summed E-state index contributed by atoms with van der Waals surface area (Å²) in [5.41, 5.74) is 9.21. The van der Waals surface area contributed by atoms with E-state index in [0.29, 0.717) is 11.4 Å². The van der Waals surface area contributed by atoms with Crippen LogP contribution >= 0.6 is 23.5 Å². The van der Waals surface area contributed by atoms with Crippen LogP contribution < -0.4 is 9.80 Å². The zero-order chi connectivity index (χ0) is 33.6. The molecule has 0 unspecified atom stereocenters. The summed E-state index contributed by atoms with van der Waals surface area (Å²) in [5.74, 6) is -0.0121. The number of benzene rings is 6. The number of para-hydroxylation sites is 4. The largest absolute Gasteiger partial charge is 0.358 e. The molecule has 6 aromatic carbocycles. The third-order valence-electron chi connectivity index (χ3n) is 8.75. The summed E-state index contributed by atoms with van der Waals surface area (Å²) in [6.07, 6.45) is 0. The molecule has 3 heterocycles. The highest BCUT2D eigenvalue weighted by Gasteiger charge is 2.27. The predicted octanol–water partition coefficient (Wildman–Crippen LogP) is 12.1. The van der Waals surface area contributed by atoms with Crippen LogP contribution in [0.25, 0.3) is 27.4 Å². The summed E-state index contributed by atoms with van der Waals surface area (Å²) in [4.78, 5) is 22.3. The van der Waals surface area contributed by atoms with Gasteiger partial charge in [0, 0.05) is 42.1 Å². The lowest BCUT2D eigenvalue weighted by Gasteiger charge is -2.33. The van der Waals surface area contributed by atoms with Crippen molar-refractivity contribution in [3.05, 3.63) is 163 Å². The lowest BCUT2D eigenvalue weighted by molar-refractivity contribution is 1.16. The number of rotatable bonds is 4. The van der Waals surface area contributed by atoms with Crippen LogP contribution in [0.15, 0.2) is 165 Å². The molecule has 0 saturated heterocycles. The van der Waals surface area contributed by atoms with E-state index >= 15 is 0 Å². The topological polar surface area (TPSA) is 60.4 Å². The van der Waals surface area contributed by atoms with Crippen molar-refractivity contribution in [3.63, 3.8) is 0 Å². The van der Waals surface area contributed by atoms with E-state index < -0.39 is 0 Å². The second-order valence-electron chi connectivity index (χ2n) is 11.7. The highest BCUT2D eigenvalue weighted by molar-refractivity contribution is 8.00. The van der Waals surface area contributed by atoms with Crippen molar-refractivity contribution in [3.8, 4) is 28.6 Å². The Morgan fingerprint density at radius 2 is 0.860 bits per heavy atom. The number of nitriles is 1. The summed E-state index contributed by atoms with van der Waals surface area (Å²) in [6.45, 7) is 7.74. The van der Waals surface area contributed by atoms with Crippen LogP contribution in [0.2, 0.25) is 0 Å². The van der Waals surface area contributed by atoms with Gasteiger partial charge in [-0.1, -0.05) is 90.8 Å². The number of aromatic nitrogens is 2. The second-order valence-corrected chi connectivity index (χ2v) is 13.8. The highest BCUT2D eigenvalue weighted by Crippen LogP contribution is 2.52. The van der Waals surface area contributed by atoms with Gasteiger partial charge in [-0.05, 0) is 84.9 Å². The first-order chi connectivity index (χ1) is 24.7. The minimum Gasteiger partial charge on any atom is -0.358 e. The Hall–Kier alpha value is -6.32. The minimum absolute atomic E-state index is 0.00869. The summed E-state index contributed by atoms with van der Waals surface area (Å²) in [7, 11) is 0. The quantitative estimate of drug-likeness (QED) is 0.172. The van der Waals surface area contributed by atoms with Gasteiger partial charge in [0.2, 0.25) is 0 Å². The summed E-state index contributed by atoms with van der Waals surface area (Å²) >= 11 is 3.55. The Morgan fingerprint density at radius 1 is 0.500 bits per heavy atom. The fourth-order valence-corrected chi connectivity index (χ4v) is 8.60. The molecule has 1 aromatic heterocycles. The SMILES string of the molecule is [C-]#[N+]c1nc(-c2ccc(N3c4ccccc4Sc4ccccc43)cc2)c(-c2ccc(N3c4ccccc4Sc4ccccc43)cc2)nc1C#N. The van der Waals surface area contributed by atoms with Crippen molar-refractivity contribution in [1.29, 1.82) is 5.26 Å². The van der Waals surface area contributed by atoms with Crippen LogP contribution in [-0.2, 0) is 0 Å². The van der Waals surface area contributed by atoms with Gasteiger partial charge in [-0.25, -0.2) is 4.98 Å². The van der Waals surface area contributed by atoms with Crippen LogP contribution in [0.5, 0.6) is 0 Å². The van der Waals surface area contributed by atoms with E-state index in [2.05, 4.69) is 142 Å². The molecule has 7 aromatic rings. The van der Waals surface area contributed by atoms with E-state index in [1.54, 1.807) is 23.5 Å². The van der Waals surface area contributed by atoms with E-state index in [0.717, 1.165) is 45.3 Å². The molecule has 0 amide bonds. The van der Waals surface area contributed by atoms with Gasteiger partial charge in [-0.15, -0.1) is 4.98 Å². The zero-order valence-corrected chi connectivity index (χ0v) is 28.0. The van der Waals surface area contributed by atoms with Crippen molar-refractivity contribution in [2.75, 3.05) is 9.80 Å². The van der Waals surface area contributed by atoms with E-state index in [9.17, 15) is 5.26 Å². The molecule has 0 atom stereocenters. The lowest BCUT2D eigenvalue weighted by Crippen LogP contribution is -2.14. The maximum absolute atomic E-state index is 9.91. The van der Waals surface area contributed by atoms with Gasteiger partial charge in [0.05, 0.1) is 22.7 Å². The number of hydrogen-bond donors (Lipinski definition) is 0. The van der Waals surface area contributed by atoms with Gasteiger partial charge in [-0.2, -0.15) is 5.26 Å². The van der Waals surface area contributed by atoms with Crippen molar-refractivity contribution >= 4 is 63.5 Å². The van der Waals surface area contributed by atoms with Crippen molar-refractivity contribution in [2.24, 2.45) is 0 Å². The fourth-order valence-electron chi connectivity index (χ4n) is 6.48. The molecule has 50 heavy (non-hydrogen) atoms. The van der Waals surface area contributed by atoms with Gasteiger partial charge in [-0.3, -0.25) is 0 Å². The second kappa shape index (κ2) is 12.3. The number of hydrogen-bond acceptors (Lipinski definition) is 7. The molecule has 8 heteroatoms. The van der Waals surface area contributed by atoms with Crippen LogP contribution in [0, 0.1) is 17.9 Å². The molecule has 0 fully saturated rings. The molecule has 0 bridgehead atoms. The number of nitrogens with zero attached hydrogens (tertiary/aromatic N) is 6. The van der Waals surface area contributed by atoms with Gasteiger partial charge >= 0.3 is 5.82 Å². The Bertz CT molecular complexity index is 2270. The zero-order valence-electron chi connectivity index (χ0n) is 26.4. The molecule has 6 nitrogen and oxygen atoms in total. The molecule has 0 radical (unpaired) electrons. The monoisotopic (exact) mass is 676 g/mol. The summed E-state index contributed by atoms with van der Waals surface area (Å²) < 4.78 is 0. The number of anilines is 6. The average Bonchev–Trinajstić information content (AvgIpc) is 3.18. The fraction of sp³-hybridized carbons (Fsp3) is 0. The van der Waals surface area contributed by atoms with E-state index in [4.69, 9.17) is 16.5 Å². The van der Waals surface area contributed by atoms with E-state index in [1.807, 2.05) is 24.3 Å². The molecule has 234 valence electrons. The first-order valence-corrected chi connectivity index (χ1v) is 17.6. The maximum atomic E-state index is 9.91. The average molecular weight is 677 g/mol. The lowest BCUT2D eigenvalue weighted by atomic mass is 10.0. The third-order valence-corrected chi connectivity index (χ3v) is 11.0. The number of fused-ring (bicyclic) bond motifs is 4. The smallest absolute Gasteiger partial charge is 0.307 e. The van der Waals surface area contributed by atoms with Crippen molar-refractivity contribution in [2.45, 2.75) is 19.6 Å². The Morgan fingerprint density at radius 3 is 1.22 bits per heavy atom. The van der Waals surface area contributed by atoms with Crippen LogP contribution in [-0.4, -0.2) is 9.97 Å². The molecule has 0 N–H and O–H groups in total. The van der Waals surface area contributed by atoms with Crippen LogP contribution in [0.3, 0.4) is 0 Å². The Balaban J connectivity index is 1.13. The predicted molar refractivity (Wildman–Crippen MR) is 201 cm³/mol. The molecule has 0 saturated carbocycles. The Kier molecular flexibility index (Phi) is 7.32. The third kappa shape index (κ3) is 4.98. The van der Waals surface area contributed by atoms with Gasteiger partial charge < -0.3 is 14.6 Å². The molecule has 2 aliphatic heterocycles. The highest BCUT2D eigenvalue weighted by atomic mass is 32.2. The van der Waals surface area contributed by atoms with Crippen LogP contribution in [0.4, 0.5) is 39.9 Å². The van der Waals surface area contributed by atoms with Gasteiger partial charge in [0.15, 0.2) is 11.4 Å². The first-order valence-electron chi connectivity index (χ1n) is 15.9. The molecule has 0 spiro atoms. The molecule has 9 rings (SSSR count). The van der Waals surface area contributed by atoms with Crippen molar-refractivity contribution in [1.82, 2.24) is 9.97 Å². The summed E-state index contributed by atoms with van der Waals surface area (Å²) in [5, 5.41) is 9.91. The molecule has 2 aliphatic rings.